The summed E-state index contributed by atoms with van der Waals surface area (Å²) in [7, 11) is 0. The number of hydrogen-bond acceptors (Lipinski definition) is 10. The molecule has 2 aromatic rings. The van der Waals surface area contributed by atoms with E-state index in [9.17, 15) is 32.3 Å². The Hall–Kier alpha value is -4.32. The van der Waals surface area contributed by atoms with E-state index in [0.717, 1.165) is 56.3 Å². The molecule has 0 spiro atoms. The van der Waals surface area contributed by atoms with Gasteiger partial charge in [0.05, 0.1) is 36.1 Å². The van der Waals surface area contributed by atoms with Gasteiger partial charge in [0.2, 0.25) is 0 Å². The molecule has 0 saturated carbocycles. The molecule has 7 rings (SSSR count). The third-order valence-corrected chi connectivity index (χ3v) is 12.8. The number of nitrogens with two attached hydrogens (primary N) is 1. The molecule has 328 valence electrons. The molecule has 0 aliphatic carbocycles. The number of fused-ring (bicyclic) bond motifs is 1. The van der Waals surface area contributed by atoms with E-state index in [2.05, 4.69) is 15.1 Å². The van der Waals surface area contributed by atoms with Crippen LogP contribution in [0.5, 0.6) is 0 Å². The van der Waals surface area contributed by atoms with Gasteiger partial charge in [0.1, 0.15) is 6.04 Å². The predicted octanol–water partition coefficient (Wildman–Crippen LogP) is 5.26. The second kappa shape index (κ2) is 19.6. The summed E-state index contributed by atoms with van der Waals surface area (Å²) in [6, 6.07) is 9.09. The van der Waals surface area contributed by atoms with Crippen LogP contribution in [0.3, 0.4) is 0 Å². The molecule has 3 N–H and O–H groups in total. The van der Waals surface area contributed by atoms with Gasteiger partial charge >= 0.3 is 24.3 Å². The Kier molecular flexibility index (Phi) is 14.3. The summed E-state index contributed by atoms with van der Waals surface area (Å²) in [6.45, 7) is 6.74. The number of nitrogens with one attached hydrogen (secondary N) is 1. The number of nitrogen functional groups attached to an aromatic ring is 1. The molecule has 0 bridgehead atoms. The number of rotatable bonds is 11. The Morgan fingerprint density at radius 3 is 2.35 bits per heavy atom. The van der Waals surface area contributed by atoms with Gasteiger partial charge in [0, 0.05) is 76.5 Å². The fourth-order valence-electron chi connectivity index (χ4n) is 9.20. The number of morpholine rings is 1. The maximum absolute atomic E-state index is 14.2. The van der Waals surface area contributed by atoms with E-state index in [1.165, 1.54) is 11.0 Å². The van der Waals surface area contributed by atoms with Crippen molar-refractivity contribution in [2.75, 3.05) is 89.8 Å². The first-order valence-electron chi connectivity index (χ1n) is 21.1. The molecule has 0 unspecified atom stereocenters. The lowest BCUT2D eigenvalue weighted by Gasteiger charge is -2.40. The second-order valence-electron chi connectivity index (χ2n) is 16.3. The summed E-state index contributed by atoms with van der Waals surface area (Å²) in [6.07, 6.45) is -2.33. The first kappa shape index (κ1) is 43.8. The monoisotopic (exact) mass is 861 g/mol. The van der Waals surface area contributed by atoms with E-state index in [4.69, 9.17) is 31.5 Å². The number of amides is 4. The van der Waals surface area contributed by atoms with Crippen LogP contribution in [0.25, 0.3) is 0 Å². The van der Waals surface area contributed by atoms with Gasteiger partial charge in [-0.25, -0.2) is 9.59 Å². The van der Waals surface area contributed by atoms with Gasteiger partial charge < -0.3 is 40.0 Å². The summed E-state index contributed by atoms with van der Waals surface area (Å²) in [5.74, 6) is -0.763. The van der Waals surface area contributed by atoms with Crippen LogP contribution in [0, 0.1) is 0 Å². The van der Waals surface area contributed by atoms with Crippen molar-refractivity contribution >= 4 is 47.0 Å². The molecule has 5 heterocycles. The zero-order chi connectivity index (χ0) is 42.4. The number of urea groups is 1. The van der Waals surface area contributed by atoms with Gasteiger partial charge in [0.25, 0.3) is 5.91 Å². The number of benzene rings is 2. The minimum Gasteiger partial charge on any atom is -0.464 e. The highest BCUT2D eigenvalue weighted by Gasteiger charge is 2.41. The summed E-state index contributed by atoms with van der Waals surface area (Å²) in [4.78, 5) is 63.6. The standard InChI is InChI=1S/C42H55ClF3N7O7/c43-33-26-28(25-32(37(33)47)42(44,45)46)27-36(60-41(57)51-17-11-31(12-18-51)53-19-8-29-5-1-2-6-34(29)48-40(53)56)38(54)50-15-9-30(10-16-50)52-14-3-7-35(52)39(55)59-22-4-13-49-20-23-58-24-21-49/h1-2,5-6,25-26,30-31,35-36H,3-4,7-24,27,47H2,(H,48,56)/t35-,36+/m0/s1. The average molecular weight is 862 g/mol. The maximum atomic E-state index is 14.2. The maximum Gasteiger partial charge on any atom is 0.418 e. The Morgan fingerprint density at radius 2 is 1.62 bits per heavy atom. The van der Waals surface area contributed by atoms with Crippen LogP contribution in [-0.2, 0) is 42.8 Å². The predicted molar refractivity (Wildman–Crippen MR) is 217 cm³/mol. The summed E-state index contributed by atoms with van der Waals surface area (Å²) in [5.41, 5.74) is 5.79. The lowest BCUT2D eigenvalue weighted by Crippen LogP contribution is -2.53. The van der Waals surface area contributed by atoms with Gasteiger partial charge in [-0.3, -0.25) is 19.4 Å². The number of para-hydroxylation sites is 1. The van der Waals surface area contributed by atoms with Gasteiger partial charge in [0.15, 0.2) is 6.10 Å². The lowest BCUT2D eigenvalue weighted by molar-refractivity contribution is -0.151. The molecule has 60 heavy (non-hydrogen) atoms. The summed E-state index contributed by atoms with van der Waals surface area (Å²) in [5, 5.41) is 2.66. The molecule has 18 heteroatoms. The van der Waals surface area contributed by atoms with Crippen molar-refractivity contribution in [2.45, 2.75) is 88.2 Å². The Morgan fingerprint density at radius 1 is 0.917 bits per heavy atom. The molecule has 0 aromatic heterocycles. The van der Waals surface area contributed by atoms with E-state index in [0.29, 0.717) is 78.0 Å². The number of carbonyl (C=O) groups excluding carboxylic acids is 4. The van der Waals surface area contributed by atoms with Crippen molar-refractivity contribution in [2.24, 2.45) is 0 Å². The molecule has 4 saturated heterocycles. The summed E-state index contributed by atoms with van der Waals surface area (Å²) >= 11 is 6.16. The normalized spacial score (nSPS) is 21.9. The molecular formula is C42H55ClF3N7O7. The van der Waals surface area contributed by atoms with E-state index >= 15 is 0 Å². The number of piperidine rings is 2. The van der Waals surface area contributed by atoms with Crippen LogP contribution in [-0.4, -0.2) is 151 Å². The molecule has 5 aliphatic rings. The van der Waals surface area contributed by atoms with Crippen LogP contribution in [0.4, 0.5) is 34.1 Å². The number of alkyl halides is 3. The highest BCUT2D eigenvalue weighted by molar-refractivity contribution is 6.33. The number of esters is 1. The molecule has 5 aliphatic heterocycles. The van der Waals surface area contributed by atoms with E-state index in [1.807, 2.05) is 24.3 Å². The first-order chi connectivity index (χ1) is 28.9. The molecule has 2 aromatic carbocycles. The Bertz CT molecular complexity index is 1850. The SMILES string of the molecule is Nc1c(Cl)cc(C[C@@H](OC(=O)N2CCC(N3CCc4ccccc4NC3=O)CC2)C(=O)N2CCC(N3CCC[C@H]3C(=O)OCCCN3CCOCC3)CC2)cc1C(F)(F)F. The smallest absolute Gasteiger partial charge is 0.418 e. The van der Waals surface area contributed by atoms with E-state index in [1.54, 1.807) is 9.80 Å². The highest BCUT2D eigenvalue weighted by Crippen LogP contribution is 2.38. The van der Waals surface area contributed by atoms with Crippen molar-refractivity contribution in [3.8, 4) is 0 Å². The van der Waals surface area contributed by atoms with Crippen LogP contribution in [0.15, 0.2) is 36.4 Å². The third kappa shape index (κ3) is 10.6. The number of ether oxygens (including phenoxy) is 3. The molecule has 0 radical (unpaired) electrons. The van der Waals surface area contributed by atoms with E-state index < -0.39 is 35.5 Å². The first-order valence-corrected chi connectivity index (χ1v) is 21.5. The fourth-order valence-corrected chi connectivity index (χ4v) is 9.44. The average Bonchev–Trinajstić information content (AvgIpc) is 3.67. The van der Waals surface area contributed by atoms with Gasteiger partial charge in [-0.2, -0.15) is 13.2 Å². The summed E-state index contributed by atoms with van der Waals surface area (Å²) < 4.78 is 58.9. The van der Waals surface area contributed by atoms with Gasteiger partial charge in [-0.15, -0.1) is 0 Å². The molecule has 2 atom stereocenters. The van der Waals surface area contributed by atoms with Crippen LogP contribution < -0.4 is 11.1 Å². The minimum absolute atomic E-state index is 0.0236. The molecule has 14 nitrogen and oxygen atoms in total. The zero-order valence-corrected chi connectivity index (χ0v) is 34.6. The van der Waals surface area contributed by atoms with Crippen molar-refractivity contribution in [3.63, 3.8) is 0 Å². The van der Waals surface area contributed by atoms with Crippen LogP contribution >= 0.6 is 11.6 Å². The molecular weight excluding hydrogens is 807 g/mol. The zero-order valence-electron chi connectivity index (χ0n) is 33.8. The largest absolute Gasteiger partial charge is 0.464 e. The number of anilines is 2. The van der Waals surface area contributed by atoms with Crippen LogP contribution in [0.2, 0.25) is 5.02 Å². The Balaban J connectivity index is 0.967. The van der Waals surface area contributed by atoms with Gasteiger partial charge in [-0.1, -0.05) is 29.8 Å². The van der Waals surface area contributed by atoms with E-state index in [-0.39, 0.29) is 60.2 Å². The van der Waals surface area contributed by atoms with Crippen molar-refractivity contribution < 1.29 is 46.6 Å². The number of likely N-dealkylation sites (tertiary alicyclic amines) is 3. The quantitative estimate of drug-likeness (QED) is 0.174. The van der Waals surface area contributed by atoms with Crippen molar-refractivity contribution in [1.29, 1.82) is 0 Å². The fraction of sp³-hybridized carbons (Fsp3) is 0.619. The number of hydrogen-bond donors (Lipinski definition) is 2. The Labute approximate surface area is 353 Å². The lowest BCUT2D eigenvalue weighted by atomic mass is 9.99. The van der Waals surface area contributed by atoms with Crippen molar-refractivity contribution in [3.05, 3.63) is 58.1 Å². The third-order valence-electron chi connectivity index (χ3n) is 12.5. The topological polar surface area (TPSA) is 150 Å². The highest BCUT2D eigenvalue weighted by atomic mass is 35.5. The molecule has 4 amide bonds. The van der Waals surface area contributed by atoms with Crippen molar-refractivity contribution in [1.82, 2.24) is 24.5 Å². The number of halogens is 4. The number of carbonyl (C=O) groups is 4. The minimum atomic E-state index is -4.80. The second-order valence-corrected chi connectivity index (χ2v) is 16.7. The van der Waals surface area contributed by atoms with Crippen LogP contribution in [0.1, 0.15) is 61.6 Å². The number of nitrogens with zero attached hydrogens (tertiary/aromatic N) is 5. The molecule has 4 fully saturated rings. The van der Waals surface area contributed by atoms with Gasteiger partial charge in [-0.05, 0) is 87.2 Å².